The summed E-state index contributed by atoms with van der Waals surface area (Å²) in [4.78, 5) is 11.9. The Morgan fingerprint density at radius 3 is 2.71 bits per heavy atom. The van der Waals surface area contributed by atoms with Crippen molar-refractivity contribution in [3.8, 4) is 5.75 Å². The van der Waals surface area contributed by atoms with Gasteiger partial charge in [-0.3, -0.25) is 4.79 Å². The van der Waals surface area contributed by atoms with E-state index in [1.165, 1.54) is 6.21 Å². The summed E-state index contributed by atoms with van der Waals surface area (Å²) in [5.41, 5.74) is 3.14. The van der Waals surface area contributed by atoms with E-state index in [0.717, 1.165) is 4.47 Å². The zero-order valence-electron chi connectivity index (χ0n) is 10.5. The Morgan fingerprint density at radius 1 is 1.29 bits per heavy atom. The largest absolute Gasteiger partial charge is 0.506 e. The van der Waals surface area contributed by atoms with Crippen LogP contribution in [-0.2, 0) is 0 Å². The summed E-state index contributed by atoms with van der Waals surface area (Å²) >= 11 is 12.4. The maximum Gasteiger partial charge on any atom is 0.272 e. The Balaban J connectivity index is 2.13. The van der Waals surface area contributed by atoms with Gasteiger partial charge in [-0.1, -0.05) is 39.7 Å². The number of rotatable bonds is 3. The van der Waals surface area contributed by atoms with Gasteiger partial charge in [0.2, 0.25) is 0 Å². The van der Waals surface area contributed by atoms with Crippen LogP contribution in [0.4, 0.5) is 0 Å². The van der Waals surface area contributed by atoms with Crippen molar-refractivity contribution in [2.45, 2.75) is 0 Å². The Labute approximate surface area is 143 Å². The molecule has 2 rings (SSSR count). The van der Waals surface area contributed by atoms with E-state index in [2.05, 4.69) is 42.4 Å². The molecule has 0 unspecified atom stereocenters. The fourth-order valence-corrected chi connectivity index (χ4v) is 3.03. The SMILES string of the molecule is O=C(NN=Cc1cc(Br)cc(Br)c1O)c1ccccc1Cl. The van der Waals surface area contributed by atoms with Crippen LogP contribution in [-0.4, -0.2) is 17.2 Å². The highest BCUT2D eigenvalue weighted by atomic mass is 79.9. The summed E-state index contributed by atoms with van der Waals surface area (Å²) in [6.07, 6.45) is 1.35. The van der Waals surface area contributed by atoms with Crippen molar-refractivity contribution in [3.05, 3.63) is 61.5 Å². The van der Waals surface area contributed by atoms with Crippen molar-refractivity contribution in [3.63, 3.8) is 0 Å². The molecule has 2 N–H and O–H groups in total. The second kappa shape index (κ2) is 7.06. The lowest BCUT2D eigenvalue weighted by Gasteiger charge is -2.04. The van der Waals surface area contributed by atoms with Crippen molar-refractivity contribution in [2.24, 2.45) is 5.10 Å². The number of aromatic hydroxyl groups is 1. The number of phenolic OH excluding ortho intramolecular Hbond substituents is 1. The van der Waals surface area contributed by atoms with Gasteiger partial charge in [0.15, 0.2) is 0 Å². The molecule has 0 bridgehead atoms. The van der Waals surface area contributed by atoms with Crippen LogP contribution in [0.2, 0.25) is 5.02 Å². The minimum Gasteiger partial charge on any atom is -0.506 e. The first-order valence-corrected chi connectivity index (χ1v) is 7.71. The number of nitrogens with zero attached hydrogens (tertiary/aromatic N) is 1. The topological polar surface area (TPSA) is 61.7 Å². The van der Waals surface area contributed by atoms with Gasteiger partial charge in [-0.15, -0.1) is 0 Å². The highest BCUT2D eigenvalue weighted by Gasteiger charge is 2.09. The van der Waals surface area contributed by atoms with E-state index in [1.54, 1.807) is 36.4 Å². The predicted molar refractivity (Wildman–Crippen MR) is 90.0 cm³/mol. The summed E-state index contributed by atoms with van der Waals surface area (Å²) in [7, 11) is 0. The first kappa shape index (κ1) is 16.0. The number of hydrogen-bond donors (Lipinski definition) is 2. The van der Waals surface area contributed by atoms with Gasteiger partial charge in [-0.05, 0) is 40.2 Å². The van der Waals surface area contributed by atoms with Crippen LogP contribution in [0, 0.1) is 0 Å². The molecule has 0 saturated carbocycles. The number of hydrazone groups is 1. The van der Waals surface area contributed by atoms with Crippen LogP contribution in [0.1, 0.15) is 15.9 Å². The van der Waals surface area contributed by atoms with E-state index in [4.69, 9.17) is 11.6 Å². The molecule has 0 aromatic heterocycles. The zero-order valence-corrected chi connectivity index (χ0v) is 14.4. The molecule has 0 atom stereocenters. The first-order valence-electron chi connectivity index (χ1n) is 5.75. The van der Waals surface area contributed by atoms with E-state index in [0.29, 0.717) is 20.6 Å². The molecule has 0 fully saturated rings. The quantitative estimate of drug-likeness (QED) is 0.560. The van der Waals surface area contributed by atoms with Crippen LogP contribution in [0.25, 0.3) is 0 Å². The predicted octanol–water partition coefficient (Wildman–Crippen LogP) is 4.33. The monoisotopic (exact) mass is 430 g/mol. The third-order valence-corrected chi connectivity index (χ3v) is 3.94. The second-order valence-corrected chi connectivity index (χ2v) is 6.18. The lowest BCUT2D eigenvalue weighted by molar-refractivity contribution is 0.0955. The average molecular weight is 432 g/mol. The number of phenols is 1. The summed E-state index contributed by atoms with van der Waals surface area (Å²) in [6.45, 7) is 0. The number of hydrogen-bond acceptors (Lipinski definition) is 3. The van der Waals surface area contributed by atoms with Crippen molar-refractivity contribution in [1.29, 1.82) is 0 Å². The van der Waals surface area contributed by atoms with Crippen molar-refractivity contribution in [2.75, 3.05) is 0 Å². The van der Waals surface area contributed by atoms with E-state index < -0.39 is 5.91 Å². The number of carbonyl (C=O) groups excluding carboxylic acids is 1. The van der Waals surface area contributed by atoms with Crippen LogP contribution in [0.3, 0.4) is 0 Å². The molecule has 0 saturated heterocycles. The zero-order chi connectivity index (χ0) is 15.4. The molecule has 0 radical (unpaired) electrons. The molecule has 4 nitrogen and oxygen atoms in total. The summed E-state index contributed by atoms with van der Waals surface area (Å²) in [5.74, 6) is -0.389. The molecule has 7 heteroatoms. The Kier molecular flexibility index (Phi) is 5.39. The molecule has 0 spiro atoms. The van der Waals surface area contributed by atoms with Crippen molar-refractivity contribution in [1.82, 2.24) is 5.43 Å². The molecule has 0 heterocycles. The fourth-order valence-electron chi connectivity index (χ4n) is 1.55. The van der Waals surface area contributed by atoms with E-state index in [1.807, 2.05) is 0 Å². The minimum atomic E-state index is -0.426. The van der Waals surface area contributed by atoms with E-state index in [-0.39, 0.29) is 5.75 Å². The van der Waals surface area contributed by atoms with Crippen LogP contribution < -0.4 is 5.43 Å². The molecule has 0 aliphatic carbocycles. The normalized spacial score (nSPS) is 10.8. The van der Waals surface area contributed by atoms with Gasteiger partial charge in [-0.25, -0.2) is 5.43 Å². The Morgan fingerprint density at radius 2 is 2.00 bits per heavy atom. The molecule has 21 heavy (non-hydrogen) atoms. The van der Waals surface area contributed by atoms with Gasteiger partial charge in [0.05, 0.1) is 21.3 Å². The lowest BCUT2D eigenvalue weighted by Crippen LogP contribution is -2.17. The van der Waals surface area contributed by atoms with Crippen molar-refractivity contribution < 1.29 is 9.90 Å². The molecular weight excluding hydrogens is 423 g/mol. The third-order valence-electron chi connectivity index (χ3n) is 2.55. The first-order chi connectivity index (χ1) is 9.99. The maximum atomic E-state index is 11.9. The summed E-state index contributed by atoms with van der Waals surface area (Å²) in [6, 6.07) is 10.0. The smallest absolute Gasteiger partial charge is 0.272 e. The van der Waals surface area contributed by atoms with Gasteiger partial charge in [-0.2, -0.15) is 5.10 Å². The van der Waals surface area contributed by atoms with Gasteiger partial charge in [0, 0.05) is 10.0 Å². The summed E-state index contributed by atoms with van der Waals surface area (Å²) in [5, 5.41) is 14.0. The Hall–Kier alpha value is -1.37. The molecular formula is C14H9Br2ClN2O2. The van der Waals surface area contributed by atoms with E-state index >= 15 is 0 Å². The van der Waals surface area contributed by atoms with Gasteiger partial charge in [0.25, 0.3) is 5.91 Å². The molecule has 1 amide bonds. The maximum absolute atomic E-state index is 11.9. The summed E-state index contributed by atoms with van der Waals surface area (Å²) < 4.78 is 1.29. The lowest BCUT2D eigenvalue weighted by atomic mass is 10.2. The average Bonchev–Trinajstić information content (AvgIpc) is 2.44. The number of halogens is 3. The number of nitrogens with one attached hydrogen (secondary N) is 1. The second-order valence-electron chi connectivity index (χ2n) is 4.00. The standard InChI is InChI=1S/C14H9Br2ClN2O2/c15-9-5-8(13(20)11(16)6-9)7-18-19-14(21)10-3-1-2-4-12(10)17/h1-7,20H,(H,19,21). The highest BCUT2D eigenvalue weighted by Crippen LogP contribution is 2.30. The van der Waals surface area contributed by atoms with Crippen LogP contribution in [0.15, 0.2) is 50.4 Å². The van der Waals surface area contributed by atoms with Gasteiger partial charge in [0.1, 0.15) is 5.75 Å². The number of amides is 1. The molecule has 2 aromatic carbocycles. The highest BCUT2D eigenvalue weighted by molar-refractivity contribution is 9.11. The van der Waals surface area contributed by atoms with Gasteiger partial charge < -0.3 is 5.11 Å². The fraction of sp³-hybridized carbons (Fsp3) is 0. The number of benzene rings is 2. The van der Waals surface area contributed by atoms with Gasteiger partial charge >= 0.3 is 0 Å². The Bertz CT molecular complexity index is 720. The van der Waals surface area contributed by atoms with Crippen LogP contribution in [0.5, 0.6) is 5.75 Å². The van der Waals surface area contributed by atoms with Crippen LogP contribution >= 0.6 is 43.5 Å². The minimum absolute atomic E-state index is 0.0361. The van der Waals surface area contributed by atoms with E-state index in [9.17, 15) is 9.90 Å². The number of carbonyl (C=O) groups is 1. The van der Waals surface area contributed by atoms with Crippen molar-refractivity contribution >= 4 is 55.6 Å². The molecule has 2 aromatic rings. The molecule has 0 aliphatic rings. The molecule has 108 valence electrons. The third kappa shape index (κ3) is 4.06. The molecule has 0 aliphatic heterocycles.